The first-order valence-corrected chi connectivity index (χ1v) is 18.7. The molecule has 9 nitrogen and oxygen atoms in total. The standard InChI is InChI=1S/C40H44N6O3S/c1-23-16-27-17-24(2)19-40(18-23,20-27)22-46-25(3)31(21-41-46)29-12-13-34(43-36(29)38(48)49)45-15-14-28-8-7-9-30(35(28)26(45)4)37(47)44-39-42-32-10-5-6-11-33(32)50-39/h5-13,21,23-24,26-27H,14-20,22H2,1-4H3,(H,48,49)(H,42,44,47). The molecular weight excluding hydrogens is 645 g/mol. The van der Waals surface area contributed by atoms with E-state index in [-0.39, 0.29) is 23.1 Å². The van der Waals surface area contributed by atoms with Crippen LogP contribution in [0.25, 0.3) is 21.3 Å². The van der Waals surface area contributed by atoms with E-state index in [1.165, 1.54) is 43.4 Å². The zero-order valence-electron chi connectivity index (χ0n) is 29.1. The minimum Gasteiger partial charge on any atom is -0.476 e. The van der Waals surface area contributed by atoms with Crippen molar-refractivity contribution < 1.29 is 14.7 Å². The fourth-order valence-electron chi connectivity index (χ4n) is 9.80. The molecule has 1 aliphatic heterocycles. The number of para-hydroxylation sites is 1. The van der Waals surface area contributed by atoms with Crippen molar-refractivity contribution >= 4 is 44.4 Å². The third kappa shape index (κ3) is 5.87. The van der Waals surface area contributed by atoms with Gasteiger partial charge in [-0.1, -0.05) is 49.4 Å². The van der Waals surface area contributed by atoms with Crippen LogP contribution in [0.15, 0.2) is 60.8 Å². The zero-order valence-corrected chi connectivity index (χ0v) is 30.0. The second-order valence-electron chi connectivity index (χ2n) is 15.3. The topological polar surface area (TPSA) is 113 Å². The molecule has 8 rings (SSSR count). The summed E-state index contributed by atoms with van der Waals surface area (Å²) in [6.45, 7) is 10.4. The molecule has 3 aromatic heterocycles. The molecule has 2 aromatic carbocycles. The zero-order chi connectivity index (χ0) is 34.7. The van der Waals surface area contributed by atoms with Crippen LogP contribution < -0.4 is 10.2 Å². The Labute approximate surface area is 296 Å². The largest absolute Gasteiger partial charge is 0.476 e. The number of hydrogen-bond donors (Lipinski definition) is 2. The molecule has 2 fully saturated rings. The smallest absolute Gasteiger partial charge is 0.355 e. The first-order chi connectivity index (χ1) is 24.1. The van der Waals surface area contributed by atoms with E-state index in [1.807, 2.05) is 54.7 Å². The second-order valence-corrected chi connectivity index (χ2v) is 16.3. The highest BCUT2D eigenvalue weighted by atomic mass is 32.1. The van der Waals surface area contributed by atoms with Crippen molar-refractivity contribution in [3.8, 4) is 11.1 Å². The number of carboxylic acids is 1. The van der Waals surface area contributed by atoms with Gasteiger partial charge in [-0.25, -0.2) is 14.8 Å². The number of amides is 1. The normalized spacial score (nSPS) is 24.6. The molecule has 3 unspecified atom stereocenters. The summed E-state index contributed by atoms with van der Waals surface area (Å²) in [4.78, 5) is 37.9. The third-order valence-corrected chi connectivity index (χ3v) is 12.4. The molecule has 0 spiro atoms. The van der Waals surface area contributed by atoms with E-state index < -0.39 is 5.97 Å². The Bertz CT molecular complexity index is 2070. The van der Waals surface area contributed by atoms with Crippen LogP contribution in [-0.4, -0.2) is 43.3 Å². The van der Waals surface area contributed by atoms with Gasteiger partial charge >= 0.3 is 5.97 Å². The summed E-state index contributed by atoms with van der Waals surface area (Å²) in [6, 6.07) is 17.3. The number of nitrogens with one attached hydrogen (secondary N) is 1. The van der Waals surface area contributed by atoms with Crippen LogP contribution in [0.5, 0.6) is 0 Å². The van der Waals surface area contributed by atoms with Crippen LogP contribution in [-0.2, 0) is 13.0 Å². The van der Waals surface area contributed by atoms with E-state index in [0.717, 1.165) is 56.9 Å². The van der Waals surface area contributed by atoms with Crippen molar-refractivity contribution in [2.75, 3.05) is 16.8 Å². The lowest BCUT2D eigenvalue weighted by molar-refractivity contribution is 0.00176. The van der Waals surface area contributed by atoms with Crippen molar-refractivity contribution in [3.05, 3.63) is 88.9 Å². The molecule has 3 aliphatic rings. The minimum atomic E-state index is -1.07. The number of fused-ring (bicyclic) bond motifs is 4. The van der Waals surface area contributed by atoms with E-state index in [1.54, 1.807) is 0 Å². The summed E-state index contributed by atoms with van der Waals surface area (Å²) < 4.78 is 3.13. The lowest BCUT2D eigenvalue weighted by Gasteiger charge is -2.50. The number of nitrogens with zero attached hydrogens (tertiary/aromatic N) is 5. The van der Waals surface area contributed by atoms with E-state index >= 15 is 0 Å². The van der Waals surface area contributed by atoms with Crippen LogP contribution in [0.3, 0.4) is 0 Å². The summed E-state index contributed by atoms with van der Waals surface area (Å²) in [6.07, 6.45) is 8.89. The number of anilines is 2. The number of aromatic carboxylic acids is 1. The third-order valence-electron chi connectivity index (χ3n) is 11.5. The molecule has 0 saturated heterocycles. The summed E-state index contributed by atoms with van der Waals surface area (Å²) in [5, 5.41) is 18.9. The molecule has 2 bridgehead atoms. The highest BCUT2D eigenvalue weighted by Crippen LogP contribution is 2.53. The van der Waals surface area contributed by atoms with Gasteiger partial charge in [-0.2, -0.15) is 5.10 Å². The van der Waals surface area contributed by atoms with E-state index in [9.17, 15) is 14.7 Å². The van der Waals surface area contributed by atoms with Gasteiger partial charge in [0.2, 0.25) is 0 Å². The average molecular weight is 689 g/mol. The summed E-state index contributed by atoms with van der Waals surface area (Å²) in [5.41, 5.74) is 6.10. The Morgan fingerprint density at radius 1 is 0.960 bits per heavy atom. The number of carbonyl (C=O) groups excluding carboxylic acids is 1. The lowest BCUT2D eigenvalue weighted by Crippen LogP contribution is -2.42. The Morgan fingerprint density at radius 3 is 2.50 bits per heavy atom. The molecule has 2 saturated carbocycles. The maximum absolute atomic E-state index is 13.7. The number of thiazole rings is 1. The van der Waals surface area contributed by atoms with Crippen molar-refractivity contribution in [1.29, 1.82) is 0 Å². The predicted octanol–water partition coefficient (Wildman–Crippen LogP) is 8.79. The van der Waals surface area contributed by atoms with Gasteiger partial charge in [0.1, 0.15) is 5.82 Å². The van der Waals surface area contributed by atoms with E-state index in [4.69, 9.17) is 10.1 Å². The van der Waals surface area contributed by atoms with Gasteiger partial charge in [0.05, 0.1) is 22.5 Å². The van der Waals surface area contributed by atoms with Gasteiger partial charge in [0.25, 0.3) is 5.91 Å². The van der Waals surface area contributed by atoms with Crippen LogP contribution in [0, 0.1) is 30.1 Å². The minimum absolute atomic E-state index is 0.0146. The average Bonchev–Trinajstić information content (AvgIpc) is 3.65. The number of rotatable bonds is 7. The highest BCUT2D eigenvalue weighted by Gasteiger charge is 2.45. The maximum Gasteiger partial charge on any atom is 0.355 e. The van der Waals surface area contributed by atoms with Crippen molar-refractivity contribution in [1.82, 2.24) is 19.7 Å². The second kappa shape index (κ2) is 12.6. The highest BCUT2D eigenvalue weighted by molar-refractivity contribution is 7.22. The van der Waals surface area contributed by atoms with Crippen LogP contribution in [0.4, 0.5) is 10.9 Å². The number of carbonyl (C=O) groups is 2. The first-order valence-electron chi connectivity index (χ1n) is 17.9. The lowest BCUT2D eigenvalue weighted by atomic mass is 9.57. The monoisotopic (exact) mass is 688 g/mol. The number of hydrogen-bond acceptors (Lipinski definition) is 7. The summed E-state index contributed by atoms with van der Waals surface area (Å²) >= 11 is 1.45. The van der Waals surface area contributed by atoms with Gasteiger partial charge < -0.3 is 10.0 Å². The molecule has 258 valence electrons. The number of carboxylic acid groups (broad SMARTS) is 1. The van der Waals surface area contributed by atoms with Crippen LogP contribution >= 0.6 is 11.3 Å². The molecule has 1 amide bonds. The van der Waals surface area contributed by atoms with Crippen LogP contribution in [0.2, 0.25) is 0 Å². The van der Waals surface area contributed by atoms with Gasteiger partial charge in [-0.05, 0) is 117 Å². The Kier molecular flexibility index (Phi) is 8.25. The fraction of sp³-hybridized carbons (Fsp3) is 0.425. The Balaban J connectivity index is 1.07. The van der Waals surface area contributed by atoms with Gasteiger partial charge in [0, 0.05) is 35.5 Å². The van der Waals surface area contributed by atoms with Gasteiger partial charge in [0.15, 0.2) is 10.8 Å². The molecule has 50 heavy (non-hydrogen) atoms. The van der Waals surface area contributed by atoms with E-state index in [2.05, 4.69) is 53.6 Å². The predicted molar refractivity (Wildman–Crippen MR) is 198 cm³/mol. The number of benzene rings is 2. The molecule has 10 heteroatoms. The molecule has 4 heterocycles. The van der Waals surface area contributed by atoms with Crippen LogP contribution in [0.1, 0.15) is 96.6 Å². The summed E-state index contributed by atoms with van der Waals surface area (Å²) in [5.74, 6) is 1.53. The van der Waals surface area contributed by atoms with Crippen molar-refractivity contribution in [2.24, 2.45) is 23.2 Å². The van der Waals surface area contributed by atoms with Gasteiger partial charge in [-0.15, -0.1) is 0 Å². The molecular formula is C40H44N6O3S. The Hall–Kier alpha value is -4.57. The molecule has 3 atom stereocenters. The SMILES string of the molecule is Cc1c(-c2ccc(N3CCc4cccc(C(=O)Nc5nc6ccccc6s5)c4C3C)nc2C(=O)O)cnn1CC12CC(C)CC(CC(C)C1)C2. The molecule has 5 aromatic rings. The fourth-order valence-corrected chi connectivity index (χ4v) is 10.7. The molecule has 0 radical (unpaired) electrons. The summed E-state index contributed by atoms with van der Waals surface area (Å²) in [7, 11) is 0. The first kappa shape index (κ1) is 32.6. The Morgan fingerprint density at radius 2 is 1.74 bits per heavy atom. The van der Waals surface area contributed by atoms with Gasteiger partial charge in [-0.3, -0.25) is 14.8 Å². The van der Waals surface area contributed by atoms with Crippen molar-refractivity contribution in [2.45, 2.75) is 78.8 Å². The van der Waals surface area contributed by atoms with Crippen molar-refractivity contribution in [3.63, 3.8) is 0 Å². The molecule has 2 N–H and O–H groups in total. The van der Waals surface area contributed by atoms with E-state index in [0.29, 0.717) is 35.0 Å². The molecule has 2 aliphatic carbocycles. The maximum atomic E-state index is 13.7. The number of aromatic nitrogens is 4. The number of pyridine rings is 1. The quantitative estimate of drug-likeness (QED) is 0.176.